The number of alkyl halides is 3. The molecule has 49 heavy (non-hydrogen) atoms. The van der Waals surface area contributed by atoms with E-state index in [1.165, 1.54) is 10.6 Å². The first-order valence-corrected chi connectivity index (χ1v) is 17.6. The fraction of sp³-hybridized carbons (Fsp3) is 0.472. The summed E-state index contributed by atoms with van der Waals surface area (Å²) in [5.41, 5.74) is 5.52. The van der Waals surface area contributed by atoms with Crippen LogP contribution in [0.4, 0.5) is 0 Å². The number of carbonyl (C=O) groups excluding carboxylic acids is 4. The van der Waals surface area contributed by atoms with Crippen molar-refractivity contribution in [2.24, 2.45) is 5.92 Å². The van der Waals surface area contributed by atoms with E-state index in [0.717, 1.165) is 34.0 Å². The van der Waals surface area contributed by atoms with Gasteiger partial charge in [-0.25, -0.2) is 5.43 Å². The van der Waals surface area contributed by atoms with Gasteiger partial charge in [0.1, 0.15) is 24.7 Å². The molecule has 0 spiro atoms. The Bertz CT molecular complexity index is 1690. The average Bonchev–Trinajstić information content (AvgIpc) is 3.07. The number of hydrogen-bond acceptors (Lipinski definition) is 7. The summed E-state index contributed by atoms with van der Waals surface area (Å²) in [5.74, 6) is -2.24. The maximum absolute atomic E-state index is 13.8. The second kappa shape index (κ2) is 16.1. The Balaban J connectivity index is 1.42. The molecule has 3 N–H and O–H groups in total. The first-order valence-electron chi connectivity index (χ1n) is 16.4. The largest absolute Gasteiger partial charge is 0.460 e. The van der Waals surface area contributed by atoms with Crippen molar-refractivity contribution in [3.05, 3.63) is 65.9 Å². The predicted molar refractivity (Wildman–Crippen MR) is 193 cm³/mol. The predicted octanol–water partition coefficient (Wildman–Crippen LogP) is 5.80. The zero-order chi connectivity index (χ0) is 36.1. The maximum Gasteiger partial charge on any atom is 0.325 e. The number of rotatable bonds is 11. The third-order valence-corrected chi connectivity index (χ3v) is 9.05. The molecule has 3 amide bonds. The molecular weight excluding hydrogens is 689 g/mol. The monoisotopic (exact) mass is 731 g/mol. The molecule has 0 radical (unpaired) electrons. The van der Waals surface area contributed by atoms with E-state index in [9.17, 15) is 19.2 Å². The molecule has 2 heterocycles. The highest BCUT2D eigenvalue weighted by atomic mass is 35.6. The van der Waals surface area contributed by atoms with Crippen LogP contribution in [0.1, 0.15) is 65.5 Å². The summed E-state index contributed by atoms with van der Waals surface area (Å²) in [5, 5.41) is 9.09. The Morgan fingerprint density at radius 2 is 1.76 bits per heavy atom. The molecule has 3 aromatic rings. The quantitative estimate of drug-likeness (QED) is 0.168. The van der Waals surface area contributed by atoms with Crippen LogP contribution in [0.25, 0.3) is 22.0 Å². The molecule has 2 aromatic carbocycles. The molecule has 0 bridgehead atoms. The number of hydrazine groups is 1. The lowest BCUT2D eigenvalue weighted by molar-refractivity contribution is -0.152. The fourth-order valence-corrected chi connectivity index (χ4v) is 5.75. The number of amides is 3. The number of esters is 1. The summed E-state index contributed by atoms with van der Waals surface area (Å²) in [6, 6.07) is 13.4. The Morgan fingerprint density at radius 1 is 1.02 bits per heavy atom. The maximum atomic E-state index is 13.8. The Morgan fingerprint density at radius 3 is 2.43 bits per heavy atom. The van der Waals surface area contributed by atoms with Crippen molar-refractivity contribution in [2.45, 2.75) is 88.1 Å². The summed E-state index contributed by atoms with van der Waals surface area (Å²) in [6.07, 6.45) is 3.73. The van der Waals surface area contributed by atoms with Gasteiger partial charge in [-0.05, 0) is 74.6 Å². The normalized spacial score (nSPS) is 16.6. The fourth-order valence-electron chi connectivity index (χ4n) is 5.59. The summed E-state index contributed by atoms with van der Waals surface area (Å²) in [6.45, 7) is 10.8. The lowest BCUT2D eigenvalue weighted by atomic mass is 9.82. The Labute approximate surface area is 302 Å². The van der Waals surface area contributed by atoms with Crippen molar-refractivity contribution in [1.29, 1.82) is 0 Å². The number of aryl methyl sites for hydroxylation is 1. The molecular formula is C36H44Cl3N5O5. The topological polar surface area (TPSA) is 130 Å². The van der Waals surface area contributed by atoms with Crippen molar-refractivity contribution in [2.75, 3.05) is 13.2 Å². The van der Waals surface area contributed by atoms with Gasteiger partial charge in [-0.15, -0.1) is 0 Å². The van der Waals surface area contributed by atoms with Crippen LogP contribution in [0, 0.1) is 5.92 Å². The van der Waals surface area contributed by atoms with Crippen molar-refractivity contribution in [3.8, 4) is 11.3 Å². The van der Waals surface area contributed by atoms with E-state index in [4.69, 9.17) is 39.5 Å². The van der Waals surface area contributed by atoms with Crippen LogP contribution in [0.2, 0.25) is 0 Å². The molecule has 3 atom stereocenters. The van der Waals surface area contributed by atoms with Gasteiger partial charge in [0.05, 0.1) is 11.1 Å². The standard InChI is InChI=1S/C36H44Cl3N5O5/c1-7-23-13-14-25-19-40-29(18-26(25)16-23)24-10-8-11-27(17-24)35(5,6)34(48)42-30(21(2)3)31(45)41-22(4)32(46)44-15-9-12-28(43-44)33(47)49-20-36(37,38)39/h8,10-11,13-14,16-19,21-22,28,30,43H,7,9,12,15,20H2,1-6H3,(H,41,45)(H,42,48). The van der Waals surface area contributed by atoms with Gasteiger partial charge in [0.2, 0.25) is 15.6 Å². The van der Waals surface area contributed by atoms with E-state index in [1.54, 1.807) is 20.8 Å². The number of hydrogen-bond donors (Lipinski definition) is 3. The lowest BCUT2D eigenvalue weighted by Crippen LogP contribution is -2.61. The number of nitrogens with zero attached hydrogens (tertiary/aromatic N) is 2. The molecule has 10 nitrogen and oxygen atoms in total. The molecule has 264 valence electrons. The first-order chi connectivity index (χ1) is 23.0. The molecule has 1 fully saturated rings. The minimum atomic E-state index is -1.76. The van der Waals surface area contributed by atoms with E-state index in [0.29, 0.717) is 19.4 Å². The van der Waals surface area contributed by atoms with Crippen LogP contribution in [-0.4, -0.2) is 68.8 Å². The van der Waals surface area contributed by atoms with E-state index in [2.05, 4.69) is 52.2 Å². The van der Waals surface area contributed by atoms with Crippen molar-refractivity contribution in [1.82, 2.24) is 26.1 Å². The summed E-state index contributed by atoms with van der Waals surface area (Å²) in [7, 11) is 0. The third-order valence-electron chi connectivity index (χ3n) is 8.72. The summed E-state index contributed by atoms with van der Waals surface area (Å²) in [4.78, 5) is 57.7. The van der Waals surface area contributed by atoms with Gasteiger partial charge in [0.25, 0.3) is 5.91 Å². The van der Waals surface area contributed by atoms with Gasteiger partial charge in [-0.3, -0.25) is 29.2 Å². The number of halogens is 3. The minimum Gasteiger partial charge on any atom is -0.460 e. The van der Waals surface area contributed by atoms with Crippen molar-refractivity contribution in [3.63, 3.8) is 0 Å². The van der Waals surface area contributed by atoms with Crippen LogP contribution < -0.4 is 16.1 Å². The van der Waals surface area contributed by atoms with Gasteiger partial charge in [0, 0.05) is 23.7 Å². The summed E-state index contributed by atoms with van der Waals surface area (Å²) < 4.78 is 3.30. The van der Waals surface area contributed by atoms with Crippen LogP contribution in [0.5, 0.6) is 0 Å². The number of carbonyl (C=O) groups is 4. The van der Waals surface area contributed by atoms with E-state index < -0.39 is 51.7 Å². The third kappa shape index (κ3) is 9.84. The van der Waals surface area contributed by atoms with E-state index in [-0.39, 0.29) is 11.8 Å². The van der Waals surface area contributed by atoms with Crippen LogP contribution >= 0.6 is 34.8 Å². The SMILES string of the molecule is CCc1ccc2cnc(-c3cccc(C(C)(C)C(=O)NC(C(=O)NC(C)C(=O)N4CCCC(C(=O)OCC(Cl)(Cl)Cl)N4)C(C)C)c3)cc2c1. The molecule has 4 rings (SSSR count). The number of pyridine rings is 1. The van der Waals surface area contributed by atoms with Crippen LogP contribution in [0.3, 0.4) is 0 Å². The van der Waals surface area contributed by atoms with Crippen LogP contribution in [0.15, 0.2) is 54.7 Å². The minimum absolute atomic E-state index is 0.284. The first kappa shape index (κ1) is 38.4. The number of nitrogens with one attached hydrogen (secondary N) is 3. The number of benzene rings is 2. The molecule has 3 unspecified atom stereocenters. The molecule has 0 aliphatic carbocycles. The molecule has 0 saturated carbocycles. The number of aromatic nitrogens is 1. The second-order valence-electron chi connectivity index (χ2n) is 13.3. The van der Waals surface area contributed by atoms with Gasteiger partial charge < -0.3 is 15.4 Å². The van der Waals surface area contributed by atoms with Crippen molar-refractivity contribution < 1.29 is 23.9 Å². The molecule has 1 aliphatic heterocycles. The summed E-state index contributed by atoms with van der Waals surface area (Å²) >= 11 is 17.0. The van der Waals surface area contributed by atoms with E-state index >= 15 is 0 Å². The Hall–Kier alpha value is -3.44. The lowest BCUT2D eigenvalue weighted by Gasteiger charge is -2.35. The second-order valence-corrected chi connectivity index (χ2v) is 15.8. The van der Waals surface area contributed by atoms with Gasteiger partial charge in [-0.2, -0.15) is 0 Å². The van der Waals surface area contributed by atoms with Gasteiger partial charge in [-0.1, -0.05) is 92.0 Å². The zero-order valence-corrected chi connectivity index (χ0v) is 30.9. The van der Waals surface area contributed by atoms with Gasteiger partial charge in [0.15, 0.2) is 0 Å². The van der Waals surface area contributed by atoms with E-state index in [1.807, 2.05) is 44.3 Å². The number of ether oxygens (including phenoxy) is 1. The smallest absolute Gasteiger partial charge is 0.325 e. The molecule has 13 heteroatoms. The molecule has 1 aliphatic rings. The highest BCUT2D eigenvalue weighted by Crippen LogP contribution is 2.30. The van der Waals surface area contributed by atoms with Crippen LogP contribution in [-0.2, 0) is 35.8 Å². The molecule has 1 aromatic heterocycles. The Kier molecular flexibility index (Phi) is 12.6. The zero-order valence-electron chi connectivity index (χ0n) is 28.6. The highest BCUT2D eigenvalue weighted by molar-refractivity contribution is 6.67. The number of fused-ring (bicyclic) bond motifs is 1. The highest BCUT2D eigenvalue weighted by Gasteiger charge is 2.37. The van der Waals surface area contributed by atoms with Gasteiger partial charge >= 0.3 is 5.97 Å². The van der Waals surface area contributed by atoms with Crippen molar-refractivity contribution >= 4 is 69.3 Å². The molecule has 1 saturated heterocycles. The average molecular weight is 733 g/mol.